The van der Waals surface area contributed by atoms with Gasteiger partial charge in [0.2, 0.25) is 0 Å². The first-order chi connectivity index (χ1) is 14.7. The van der Waals surface area contributed by atoms with E-state index in [4.69, 9.17) is 9.47 Å². The van der Waals surface area contributed by atoms with Crippen molar-refractivity contribution in [2.75, 3.05) is 5.32 Å². The number of hydrogen-bond donors (Lipinski definition) is 1. The maximum absolute atomic E-state index is 12.5. The van der Waals surface area contributed by atoms with Gasteiger partial charge in [0.25, 0.3) is 5.91 Å². The maximum atomic E-state index is 12.5. The fourth-order valence-corrected chi connectivity index (χ4v) is 3.27. The fraction of sp³-hybridized carbons (Fsp3) is 0.231. The number of hydrogen-bond acceptors (Lipinski definition) is 4. The van der Waals surface area contributed by atoms with E-state index in [-0.39, 0.29) is 5.91 Å². The lowest BCUT2D eigenvalue weighted by Crippen LogP contribution is -2.28. The quantitative estimate of drug-likeness (QED) is 0.422. The highest BCUT2D eigenvalue weighted by Crippen LogP contribution is 2.20. The molecule has 1 N–H and O–H groups in total. The molecule has 0 fully saturated rings. The molecule has 0 saturated heterocycles. The number of carbonyl (C=O) groups is 2. The van der Waals surface area contributed by atoms with Gasteiger partial charge in [0, 0.05) is 11.3 Å². The van der Waals surface area contributed by atoms with E-state index >= 15 is 0 Å². The largest absolute Gasteiger partial charge is 0.479 e. The van der Waals surface area contributed by atoms with Crippen LogP contribution in [0, 0.1) is 27.7 Å². The highest BCUT2D eigenvalue weighted by molar-refractivity contribution is 6.04. The van der Waals surface area contributed by atoms with Gasteiger partial charge in [-0.3, -0.25) is 4.79 Å². The summed E-state index contributed by atoms with van der Waals surface area (Å²) in [6.45, 7) is 9.55. The number of rotatable bonds is 6. The second-order valence-corrected chi connectivity index (χ2v) is 7.80. The lowest BCUT2D eigenvalue weighted by Gasteiger charge is -2.15. The summed E-state index contributed by atoms with van der Waals surface area (Å²) in [6.07, 6.45) is -0.770. The minimum Gasteiger partial charge on any atom is -0.479 e. The summed E-state index contributed by atoms with van der Waals surface area (Å²) in [4.78, 5) is 24.9. The summed E-state index contributed by atoms with van der Waals surface area (Å²) in [6, 6.07) is 18.1. The van der Waals surface area contributed by atoms with Crippen LogP contribution in [0.3, 0.4) is 0 Å². The highest BCUT2D eigenvalue weighted by atomic mass is 16.6. The second-order valence-electron chi connectivity index (χ2n) is 7.80. The zero-order valence-electron chi connectivity index (χ0n) is 18.5. The number of esters is 1. The highest BCUT2D eigenvalue weighted by Gasteiger charge is 2.18. The van der Waals surface area contributed by atoms with Gasteiger partial charge in [-0.25, -0.2) is 4.79 Å². The number of carbonyl (C=O) groups excluding carboxylic acids is 2. The molecule has 0 saturated carbocycles. The van der Waals surface area contributed by atoms with Crippen LogP contribution in [0.4, 0.5) is 5.69 Å². The summed E-state index contributed by atoms with van der Waals surface area (Å²) < 4.78 is 11.1. The Morgan fingerprint density at radius 1 is 0.774 bits per heavy atom. The molecule has 31 heavy (non-hydrogen) atoms. The third-order valence-corrected chi connectivity index (χ3v) is 4.81. The Kier molecular flexibility index (Phi) is 6.75. The molecule has 3 aromatic carbocycles. The first-order valence-corrected chi connectivity index (χ1v) is 10.2. The molecule has 1 amide bonds. The number of nitrogens with one attached hydrogen (secondary N) is 1. The van der Waals surface area contributed by atoms with E-state index in [1.807, 2.05) is 64.1 Å². The molecular weight excluding hydrogens is 390 g/mol. The van der Waals surface area contributed by atoms with Crippen molar-refractivity contribution < 1.29 is 19.1 Å². The van der Waals surface area contributed by atoms with Gasteiger partial charge >= 0.3 is 5.97 Å². The van der Waals surface area contributed by atoms with Gasteiger partial charge in [-0.15, -0.1) is 0 Å². The monoisotopic (exact) mass is 417 g/mol. The Morgan fingerprint density at radius 3 is 2.03 bits per heavy atom. The Morgan fingerprint density at radius 2 is 1.42 bits per heavy atom. The van der Waals surface area contributed by atoms with Crippen LogP contribution in [0.25, 0.3) is 0 Å². The van der Waals surface area contributed by atoms with Crippen LogP contribution < -0.4 is 14.8 Å². The van der Waals surface area contributed by atoms with Crippen molar-refractivity contribution in [3.05, 3.63) is 88.5 Å². The Labute approximate surface area is 183 Å². The van der Waals surface area contributed by atoms with Crippen LogP contribution in [-0.2, 0) is 4.79 Å². The first kappa shape index (κ1) is 22.1. The van der Waals surface area contributed by atoms with Crippen LogP contribution in [0.15, 0.2) is 60.7 Å². The number of amides is 1. The normalized spacial score (nSPS) is 11.5. The van der Waals surface area contributed by atoms with Crippen molar-refractivity contribution in [3.8, 4) is 11.5 Å². The van der Waals surface area contributed by atoms with Crippen LogP contribution in [0.2, 0.25) is 0 Å². The molecule has 0 aliphatic rings. The Hall–Kier alpha value is -3.60. The average Bonchev–Trinajstić information content (AvgIpc) is 2.69. The molecule has 3 aromatic rings. The lowest BCUT2D eigenvalue weighted by atomic mass is 10.1. The zero-order chi connectivity index (χ0) is 22.5. The number of aryl methyl sites for hydroxylation is 4. The van der Waals surface area contributed by atoms with E-state index in [1.54, 1.807) is 31.2 Å². The molecule has 1 atom stereocenters. The molecule has 0 radical (unpaired) electrons. The molecule has 0 aromatic heterocycles. The van der Waals surface area contributed by atoms with E-state index in [1.165, 1.54) is 0 Å². The minimum absolute atomic E-state index is 0.226. The third-order valence-electron chi connectivity index (χ3n) is 4.81. The molecule has 0 aliphatic heterocycles. The SMILES string of the molecule is Cc1cc(C)cc(OC(C)C(=O)Oc2ccc(C(=O)Nc3ccc(C)cc3C)cc2)c1. The predicted octanol–water partition coefficient (Wildman–Crippen LogP) is 5.55. The summed E-state index contributed by atoms with van der Waals surface area (Å²) in [5.41, 5.74) is 5.49. The molecule has 160 valence electrons. The van der Waals surface area contributed by atoms with Gasteiger partial charge in [-0.05, 0) is 93.8 Å². The molecule has 0 heterocycles. The van der Waals surface area contributed by atoms with Crippen molar-refractivity contribution in [2.45, 2.75) is 40.7 Å². The van der Waals surface area contributed by atoms with E-state index < -0.39 is 12.1 Å². The average molecular weight is 418 g/mol. The van der Waals surface area contributed by atoms with Gasteiger partial charge in [-0.2, -0.15) is 0 Å². The van der Waals surface area contributed by atoms with Gasteiger partial charge in [-0.1, -0.05) is 23.8 Å². The van der Waals surface area contributed by atoms with Crippen molar-refractivity contribution >= 4 is 17.6 Å². The predicted molar refractivity (Wildman–Crippen MR) is 122 cm³/mol. The summed E-state index contributed by atoms with van der Waals surface area (Å²) in [7, 11) is 0. The van der Waals surface area contributed by atoms with Gasteiger partial charge in [0.15, 0.2) is 6.10 Å². The molecule has 0 bridgehead atoms. The molecule has 1 unspecified atom stereocenters. The smallest absolute Gasteiger partial charge is 0.352 e. The van der Waals surface area contributed by atoms with E-state index in [0.29, 0.717) is 17.1 Å². The second kappa shape index (κ2) is 9.47. The van der Waals surface area contributed by atoms with E-state index in [0.717, 1.165) is 27.9 Å². The van der Waals surface area contributed by atoms with Crippen LogP contribution in [0.1, 0.15) is 39.5 Å². The molecule has 0 spiro atoms. The minimum atomic E-state index is -0.770. The molecule has 5 heteroatoms. The molecule has 5 nitrogen and oxygen atoms in total. The molecule has 3 rings (SSSR count). The summed E-state index contributed by atoms with van der Waals surface area (Å²) >= 11 is 0. The van der Waals surface area contributed by atoms with Gasteiger partial charge < -0.3 is 14.8 Å². The number of anilines is 1. The van der Waals surface area contributed by atoms with Gasteiger partial charge in [0.05, 0.1) is 0 Å². The fourth-order valence-electron chi connectivity index (χ4n) is 3.27. The Bertz CT molecular complexity index is 1080. The third kappa shape index (κ3) is 5.95. The lowest BCUT2D eigenvalue weighted by molar-refractivity contribution is -0.141. The van der Waals surface area contributed by atoms with Crippen molar-refractivity contribution in [3.63, 3.8) is 0 Å². The zero-order valence-corrected chi connectivity index (χ0v) is 18.5. The van der Waals surface area contributed by atoms with Crippen molar-refractivity contribution in [1.29, 1.82) is 0 Å². The van der Waals surface area contributed by atoms with E-state index in [9.17, 15) is 9.59 Å². The maximum Gasteiger partial charge on any atom is 0.352 e. The summed E-state index contributed by atoms with van der Waals surface area (Å²) in [5, 5.41) is 2.90. The topological polar surface area (TPSA) is 64.6 Å². The molecule has 0 aliphatic carbocycles. The number of ether oxygens (including phenoxy) is 2. The molecular formula is C26H27NO4. The van der Waals surface area contributed by atoms with E-state index in [2.05, 4.69) is 5.32 Å². The van der Waals surface area contributed by atoms with Crippen molar-refractivity contribution in [1.82, 2.24) is 0 Å². The van der Waals surface area contributed by atoms with Crippen LogP contribution in [-0.4, -0.2) is 18.0 Å². The van der Waals surface area contributed by atoms with Gasteiger partial charge in [0.1, 0.15) is 11.5 Å². The van der Waals surface area contributed by atoms with Crippen molar-refractivity contribution in [2.24, 2.45) is 0 Å². The van der Waals surface area contributed by atoms with Crippen LogP contribution >= 0.6 is 0 Å². The standard InChI is InChI=1S/C26H27NO4/c1-16-6-11-24(19(4)13-16)27-25(28)21-7-9-22(10-8-21)31-26(29)20(5)30-23-14-17(2)12-18(3)15-23/h6-15,20H,1-5H3,(H,27,28). The Balaban J connectivity index is 1.60. The first-order valence-electron chi connectivity index (χ1n) is 10.2. The van der Waals surface area contributed by atoms with Crippen LogP contribution in [0.5, 0.6) is 11.5 Å². The number of benzene rings is 3. The summed E-state index contributed by atoms with van der Waals surface area (Å²) in [5.74, 6) is 0.243.